The van der Waals surface area contributed by atoms with E-state index in [0.717, 1.165) is 68.7 Å². The van der Waals surface area contributed by atoms with Gasteiger partial charge in [-0.15, -0.1) is 0 Å². The second-order valence-corrected chi connectivity index (χ2v) is 10.5. The van der Waals surface area contributed by atoms with Crippen LogP contribution in [0.15, 0.2) is 41.2 Å². The largest absolute Gasteiger partial charge is 0.493 e. The fraction of sp³-hybridized carbons (Fsp3) is 0.467. The molecule has 0 bridgehead atoms. The van der Waals surface area contributed by atoms with Crippen LogP contribution in [0.5, 0.6) is 23.0 Å². The van der Waals surface area contributed by atoms with Crippen LogP contribution in [0.25, 0.3) is 10.9 Å². The smallest absolute Gasteiger partial charge is 0.253 e. The van der Waals surface area contributed by atoms with Crippen molar-refractivity contribution >= 4 is 28.2 Å². The highest BCUT2D eigenvalue weighted by atomic mass is 32.1. The van der Waals surface area contributed by atoms with Gasteiger partial charge in [0.15, 0.2) is 28.1 Å². The van der Waals surface area contributed by atoms with Crippen LogP contribution in [0.4, 0.5) is 0 Å². The van der Waals surface area contributed by atoms with E-state index in [4.69, 9.17) is 35.9 Å². The molecule has 41 heavy (non-hydrogen) atoms. The van der Waals surface area contributed by atoms with Gasteiger partial charge in [-0.3, -0.25) is 9.69 Å². The number of hydrogen-bond donors (Lipinski definition) is 2. The van der Waals surface area contributed by atoms with Crippen LogP contribution < -0.4 is 29.8 Å². The van der Waals surface area contributed by atoms with Crippen LogP contribution in [0, 0.1) is 0 Å². The summed E-state index contributed by atoms with van der Waals surface area (Å²) in [6, 6.07) is 11.6. The lowest BCUT2D eigenvalue weighted by Gasteiger charge is -2.29. The number of ether oxygens (including phenoxy) is 5. The van der Waals surface area contributed by atoms with E-state index in [9.17, 15) is 4.79 Å². The van der Waals surface area contributed by atoms with E-state index >= 15 is 0 Å². The van der Waals surface area contributed by atoms with Gasteiger partial charge in [0.1, 0.15) is 13.2 Å². The van der Waals surface area contributed by atoms with E-state index in [1.165, 1.54) is 0 Å². The molecule has 5 rings (SSSR count). The number of H-pyrrole nitrogens is 1. The standard InChI is InChI=1S/C30H38N4O6S/c1-36-25-5-4-21(16-26(25)37-2)6-7-31-30(41)34(9-3-8-33-10-12-38-13-11-33)20-23-17-22-18-27-28(40-15-14-39-27)19-24(22)32-29(23)35/h4-5,16-19H,3,6-15,20H2,1-2H3,(H,31,41)(H,32,35). The van der Waals surface area contributed by atoms with Crippen molar-refractivity contribution in [3.05, 3.63) is 57.9 Å². The third-order valence-electron chi connectivity index (χ3n) is 7.38. The molecule has 0 atom stereocenters. The zero-order chi connectivity index (χ0) is 28.6. The second kappa shape index (κ2) is 13.9. The Morgan fingerprint density at radius 1 is 1.02 bits per heavy atom. The van der Waals surface area contributed by atoms with Gasteiger partial charge in [0, 0.05) is 49.7 Å². The summed E-state index contributed by atoms with van der Waals surface area (Å²) in [5.41, 5.74) is 2.33. The van der Waals surface area contributed by atoms with Gasteiger partial charge in [0.2, 0.25) is 0 Å². The Morgan fingerprint density at radius 2 is 1.78 bits per heavy atom. The molecular weight excluding hydrogens is 544 g/mol. The number of nitrogens with one attached hydrogen (secondary N) is 2. The number of methoxy groups -OCH3 is 2. The average Bonchev–Trinajstić information content (AvgIpc) is 3.00. The number of aromatic amines is 1. The maximum Gasteiger partial charge on any atom is 0.253 e. The van der Waals surface area contributed by atoms with E-state index in [0.29, 0.717) is 60.0 Å². The van der Waals surface area contributed by atoms with Crippen LogP contribution in [0.1, 0.15) is 17.5 Å². The van der Waals surface area contributed by atoms with Crippen molar-refractivity contribution < 1.29 is 23.7 Å². The number of rotatable bonds is 11. The molecule has 1 aromatic heterocycles. The Labute approximate surface area is 245 Å². The summed E-state index contributed by atoms with van der Waals surface area (Å²) in [6.07, 6.45) is 1.67. The first kappa shape index (κ1) is 29.0. The van der Waals surface area contributed by atoms with Gasteiger partial charge in [-0.05, 0) is 54.9 Å². The molecule has 3 heterocycles. The monoisotopic (exact) mass is 582 g/mol. The molecule has 3 aromatic rings. The number of fused-ring (bicyclic) bond motifs is 2. The molecule has 0 aliphatic carbocycles. The average molecular weight is 583 g/mol. The Morgan fingerprint density at radius 3 is 2.54 bits per heavy atom. The number of benzene rings is 2. The predicted octanol–water partition coefficient (Wildman–Crippen LogP) is 2.96. The van der Waals surface area contributed by atoms with Crippen molar-refractivity contribution in [2.24, 2.45) is 0 Å². The minimum absolute atomic E-state index is 0.138. The molecule has 220 valence electrons. The molecular formula is C30H38N4O6S. The Bertz CT molecular complexity index is 1410. The zero-order valence-electron chi connectivity index (χ0n) is 23.7. The fourth-order valence-corrected chi connectivity index (χ4v) is 5.39. The maximum absolute atomic E-state index is 13.1. The van der Waals surface area contributed by atoms with Gasteiger partial charge in [0.05, 0.1) is 39.5 Å². The van der Waals surface area contributed by atoms with Gasteiger partial charge in [-0.2, -0.15) is 0 Å². The minimum atomic E-state index is -0.138. The maximum atomic E-state index is 13.1. The first-order valence-electron chi connectivity index (χ1n) is 14.0. The van der Waals surface area contributed by atoms with E-state index < -0.39 is 0 Å². The highest BCUT2D eigenvalue weighted by Gasteiger charge is 2.18. The number of nitrogens with zero attached hydrogens (tertiary/aromatic N) is 2. The Balaban J connectivity index is 1.28. The van der Waals surface area contributed by atoms with E-state index in [2.05, 4.69) is 20.1 Å². The SMILES string of the molecule is COc1ccc(CCNC(=S)N(CCCN2CCOCC2)Cc2cc3cc4c(cc3[nH]c2=O)OCCO4)cc1OC. The molecule has 0 spiro atoms. The Kier molecular flexibility index (Phi) is 9.81. The van der Waals surface area contributed by atoms with Crippen LogP contribution in [0.3, 0.4) is 0 Å². The third-order valence-corrected chi connectivity index (χ3v) is 7.78. The molecule has 10 nitrogen and oxygen atoms in total. The van der Waals surface area contributed by atoms with Gasteiger partial charge in [-0.1, -0.05) is 6.07 Å². The number of aromatic nitrogens is 1. The van der Waals surface area contributed by atoms with Crippen LogP contribution in [-0.2, 0) is 17.7 Å². The topological polar surface area (TPSA) is 97.5 Å². The molecule has 2 aliphatic heterocycles. The lowest BCUT2D eigenvalue weighted by Crippen LogP contribution is -2.43. The predicted molar refractivity (Wildman–Crippen MR) is 162 cm³/mol. The first-order valence-corrected chi connectivity index (χ1v) is 14.4. The summed E-state index contributed by atoms with van der Waals surface area (Å²) in [6.45, 7) is 7.13. The summed E-state index contributed by atoms with van der Waals surface area (Å²) in [7, 11) is 3.26. The van der Waals surface area contributed by atoms with Gasteiger partial charge in [-0.25, -0.2) is 0 Å². The Hall–Kier alpha value is -3.54. The highest BCUT2D eigenvalue weighted by Crippen LogP contribution is 2.33. The summed E-state index contributed by atoms with van der Waals surface area (Å²) in [4.78, 5) is 20.6. The van der Waals surface area contributed by atoms with Crippen LogP contribution in [0.2, 0.25) is 0 Å². The molecule has 0 amide bonds. The van der Waals surface area contributed by atoms with Crippen molar-refractivity contribution in [2.45, 2.75) is 19.4 Å². The third kappa shape index (κ3) is 7.41. The summed E-state index contributed by atoms with van der Waals surface area (Å²) >= 11 is 5.85. The van der Waals surface area contributed by atoms with Gasteiger partial charge < -0.3 is 38.9 Å². The molecule has 2 aromatic carbocycles. The van der Waals surface area contributed by atoms with Crippen LogP contribution >= 0.6 is 12.2 Å². The lowest BCUT2D eigenvalue weighted by atomic mass is 10.1. The molecule has 0 radical (unpaired) electrons. The lowest BCUT2D eigenvalue weighted by molar-refractivity contribution is 0.0367. The second-order valence-electron chi connectivity index (χ2n) is 10.1. The molecule has 0 unspecified atom stereocenters. The molecule has 1 saturated heterocycles. The number of hydrogen-bond acceptors (Lipinski definition) is 8. The summed E-state index contributed by atoms with van der Waals surface area (Å²) < 4.78 is 27.7. The number of thiocarbonyl (C=S) groups is 1. The number of pyridine rings is 1. The molecule has 1 fully saturated rings. The summed E-state index contributed by atoms with van der Waals surface area (Å²) in [5.74, 6) is 2.74. The van der Waals surface area contributed by atoms with Crippen molar-refractivity contribution in [1.29, 1.82) is 0 Å². The number of morpholine rings is 1. The fourth-order valence-electron chi connectivity index (χ4n) is 5.14. The van der Waals surface area contributed by atoms with Crippen molar-refractivity contribution in [2.75, 3.05) is 73.4 Å². The first-order chi connectivity index (χ1) is 20.0. The molecule has 0 saturated carbocycles. The van der Waals surface area contributed by atoms with Crippen molar-refractivity contribution in [3.8, 4) is 23.0 Å². The minimum Gasteiger partial charge on any atom is -0.493 e. The van der Waals surface area contributed by atoms with Crippen molar-refractivity contribution in [1.82, 2.24) is 20.1 Å². The van der Waals surface area contributed by atoms with E-state index in [1.807, 2.05) is 36.4 Å². The zero-order valence-corrected chi connectivity index (χ0v) is 24.5. The van der Waals surface area contributed by atoms with Crippen molar-refractivity contribution in [3.63, 3.8) is 0 Å². The van der Waals surface area contributed by atoms with E-state index in [-0.39, 0.29) is 5.56 Å². The molecule has 2 aliphatic rings. The molecule has 11 heteroatoms. The quantitative estimate of drug-likeness (QED) is 0.329. The normalized spacial score (nSPS) is 15.0. The van der Waals surface area contributed by atoms with Crippen LogP contribution in [-0.4, -0.2) is 93.3 Å². The molecule has 2 N–H and O–H groups in total. The van der Waals surface area contributed by atoms with Gasteiger partial charge in [0.25, 0.3) is 5.56 Å². The summed E-state index contributed by atoms with van der Waals surface area (Å²) in [5, 5.41) is 4.92. The van der Waals surface area contributed by atoms with Gasteiger partial charge >= 0.3 is 0 Å². The highest BCUT2D eigenvalue weighted by molar-refractivity contribution is 7.80. The van der Waals surface area contributed by atoms with E-state index in [1.54, 1.807) is 14.2 Å².